The first-order valence-electron chi connectivity index (χ1n) is 6.46. The predicted octanol–water partition coefficient (Wildman–Crippen LogP) is 3.13. The van der Waals surface area contributed by atoms with Crippen molar-refractivity contribution in [1.29, 1.82) is 0 Å². The third kappa shape index (κ3) is 3.22. The topological polar surface area (TPSA) is 24.4 Å². The summed E-state index contributed by atoms with van der Waals surface area (Å²) >= 11 is 0. The van der Waals surface area contributed by atoms with E-state index in [1.807, 2.05) is 0 Å². The van der Waals surface area contributed by atoms with E-state index in [-0.39, 0.29) is 0 Å². The van der Waals surface area contributed by atoms with Crippen molar-refractivity contribution >= 4 is 5.84 Å². The van der Waals surface area contributed by atoms with E-state index in [9.17, 15) is 0 Å². The molecule has 2 heteroatoms. The fourth-order valence-electron chi connectivity index (χ4n) is 2.79. The van der Waals surface area contributed by atoms with E-state index in [1.54, 1.807) is 0 Å². The van der Waals surface area contributed by atoms with Gasteiger partial charge < -0.3 is 5.32 Å². The Morgan fingerprint density at radius 3 is 2.87 bits per heavy atom. The molecule has 0 radical (unpaired) electrons. The molecule has 0 aromatic carbocycles. The van der Waals surface area contributed by atoms with Gasteiger partial charge in [-0.3, -0.25) is 4.99 Å². The fourth-order valence-corrected chi connectivity index (χ4v) is 2.79. The van der Waals surface area contributed by atoms with Crippen LogP contribution in [0, 0.1) is 5.41 Å². The lowest BCUT2D eigenvalue weighted by molar-refractivity contribution is 0.372. The van der Waals surface area contributed by atoms with Crippen LogP contribution >= 0.6 is 0 Å². The summed E-state index contributed by atoms with van der Waals surface area (Å²) < 4.78 is 0. The summed E-state index contributed by atoms with van der Waals surface area (Å²) in [6, 6.07) is 0.692. The van der Waals surface area contributed by atoms with Gasteiger partial charge in [0.15, 0.2) is 0 Å². The zero-order valence-corrected chi connectivity index (χ0v) is 10.2. The maximum atomic E-state index is 4.64. The average molecular weight is 208 g/mol. The van der Waals surface area contributed by atoms with Crippen molar-refractivity contribution in [3.05, 3.63) is 0 Å². The molecule has 86 valence electrons. The predicted molar refractivity (Wildman–Crippen MR) is 65.3 cm³/mol. The van der Waals surface area contributed by atoms with Crippen LogP contribution < -0.4 is 5.32 Å². The Hall–Kier alpha value is -0.530. The molecule has 2 rings (SSSR count). The van der Waals surface area contributed by atoms with Crippen LogP contribution in [0.2, 0.25) is 0 Å². The third-order valence-electron chi connectivity index (χ3n) is 3.71. The zero-order valence-electron chi connectivity index (χ0n) is 10.2. The molecule has 15 heavy (non-hydrogen) atoms. The molecule has 2 nitrogen and oxygen atoms in total. The Labute approximate surface area is 93.6 Å². The van der Waals surface area contributed by atoms with Crippen LogP contribution in [-0.2, 0) is 0 Å². The second-order valence-electron chi connectivity index (χ2n) is 5.89. The summed E-state index contributed by atoms with van der Waals surface area (Å²) in [4.78, 5) is 4.64. The van der Waals surface area contributed by atoms with Crippen molar-refractivity contribution < 1.29 is 0 Å². The molecule has 1 aliphatic carbocycles. The van der Waals surface area contributed by atoms with Crippen molar-refractivity contribution in [2.24, 2.45) is 10.4 Å². The summed E-state index contributed by atoms with van der Waals surface area (Å²) in [7, 11) is 0. The van der Waals surface area contributed by atoms with Crippen LogP contribution in [0.15, 0.2) is 4.99 Å². The van der Waals surface area contributed by atoms with Gasteiger partial charge in [0, 0.05) is 19.0 Å². The fraction of sp³-hybridized carbons (Fsp3) is 0.923. The summed E-state index contributed by atoms with van der Waals surface area (Å²) in [5, 5.41) is 3.66. The molecule has 0 amide bonds. The van der Waals surface area contributed by atoms with Gasteiger partial charge in [-0.25, -0.2) is 0 Å². The van der Waals surface area contributed by atoms with Crippen molar-refractivity contribution in [2.45, 2.75) is 64.8 Å². The summed E-state index contributed by atoms with van der Waals surface area (Å²) in [5.74, 6) is 1.29. The molecule has 1 heterocycles. The molecule has 1 unspecified atom stereocenters. The highest BCUT2D eigenvalue weighted by atomic mass is 15.0. The van der Waals surface area contributed by atoms with Gasteiger partial charge >= 0.3 is 0 Å². The highest BCUT2D eigenvalue weighted by Crippen LogP contribution is 2.36. The van der Waals surface area contributed by atoms with Crippen LogP contribution in [0.1, 0.15) is 58.8 Å². The molecule has 1 saturated carbocycles. The highest BCUT2D eigenvalue weighted by Gasteiger charge is 2.31. The lowest BCUT2D eigenvalue weighted by Crippen LogP contribution is -2.33. The van der Waals surface area contributed by atoms with Gasteiger partial charge in [-0.1, -0.05) is 20.3 Å². The van der Waals surface area contributed by atoms with Crippen molar-refractivity contribution in [1.82, 2.24) is 5.32 Å². The first kappa shape index (κ1) is 11.0. The minimum absolute atomic E-state index is 0.545. The maximum Gasteiger partial charge on any atom is 0.0965 e. The van der Waals surface area contributed by atoms with E-state index in [2.05, 4.69) is 24.2 Å². The van der Waals surface area contributed by atoms with E-state index < -0.39 is 0 Å². The molecule has 0 saturated heterocycles. The van der Waals surface area contributed by atoms with E-state index in [0.717, 1.165) is 6.54 Å². The quantitative estimate of drug-likeness (QED) is 0.703. The first-order chi connectivity index (χ1) is 7.16. The largest absolute Gasteiger partial charge is 0.371 e. The highest BCUT2D eigenvalue weighted by molar-refractivity contribution is 5.82. The first-order valence-corrected chi connectivity index (χ1v) is 6.46. The molecule has 2 aliphatic rings. The molecule has 0 aromatic heterocycles. The average Bonchev–Trinajstić information content (AvgIpc) is 2.41. The number of rotatable bonds is 1. The summed E-state index contributed by atoms with van der Waals surface area (Å²) in [6.07, 6.45) is 9.13. The van der Waals surface area contributed by atoms with Crippen LogP contribution in [0.5, 0.6) is 0 Å². The van der Waals surface area contributed by atoms with Gasteiger partial charge in [0.25, 0.3) is 0 Å². The maximum absolute atomic E-state index is 4.64. The Morgan fingerprint density at radius 2 is 2.13 bits per heavy atom. The lowest BCUT2D eigenvalue weighted by atomic mass is 9.92. The molecule has 1 fully saturated rings. The number of nitrogens with one attached hydrogen (secondary N) is 1. The molecule has 0 bridgehead atoms. The number of hydrogen-bond donors (Lipinski definition) is 1. The molecule has 1 atom stereocenters. The second-order valence-corrected chi connectivity index (χ2v) is 5.89. The minimum atomic E-state index is 0.545. The Kier molecular flexibility index (Phi) is 3.32. The normalized spacial score (nSPS) is 30.8. The molecular weight excluding hydrogens is 184 g/mol. The van der Waals surface area contributed by atoms with Gasteiger partial charge in [-0.05, 0) is 37.5 Å². The number of amidine groups is 1. The van der Waals surface area contributed by atoms with E-state index in [1.165, 1.54) is 50.8 Å². The van der Waals surface area contributed by atoms with E-state index in [0.29, 0.717) is 11.5 Å². The summed E-state index contributed by atoms with van der Waals surface area (Å²) in [5.41, 5.74) is 0.545. The van der Waals surface area contributed by atoms with Gasteiger partial charge in [0.1, 0.15) is 0 Å². The monoisotopic (exact) mass is 208 g/mol. The number of nitrogens with zero attached hydrogens (tertiary/aromatic N) is 1. The van der Waals surface area contributed by atoms with Crippen LogP contribution in [0.25, 0.3) is 0 Å². The van der Waals surface area contributed by atoms with Gasteiger partial charge in [0.05, 0.1) is 5.84 Å². The zero-order chi connectivity index (χ0) is 10.7. The van der Waals surface area contributed by atoms with E-state index >= 15 is 0 Å². The molecule has 1 N–H and O–H groups in total. The Balaban J connectivity index is 1.84. The summed E-state index contributed by atoms with van der Waals surface area (Å²) in [6.45, 7) is 5.80. The molecule has 0 spiro atoms. The SMILES string of the molecule is CC1(C)CCC(NC2=NCCCCC2)C1. The Bertz CT molecular complexity index is 243. The molecule has 1 aliphatic heterocycles. The van der Waals surface area contributed by atoms with Crippen molar-refractivity contribution in [2.75, 3.05) is 6.54 Å². The van der Waals surface area contributed by atoms with Crippen LogP contribution in [0.3, 0.4) is 0 Å². The second kappa shape index (κ2) is 4.54. The van der Waals surface area contributed by atoms with Gasteiger partial charge in [-0.15, -0.1) is 0 Å². The van der Waals surface area contributed by atoms with Crippen molar-refractivity contribution in [3.8, 4) is 0 Å². The van der Waals surface area contributed by atoms with Crippen molar-refractivity contribution in [3.63, 3.8) is 0 Å². The smallest absolute Gasteiger partial charge is 0.0965 e. The van der Waals surface area contributed by atoms with Crippen LogP contribution in [0.4, 0.5) is 0 Å². The Morgan fingerprint density at radius 1 is 1.27 bits per heavy atom. The van der Waals surface area contributed by atoms with Gasteiger partial charge in [-0.2, -0.15) is 0 Å². The molecule has 0 aromatic rings. The van der Waals surface area contributed by atoms with E-state index in [4.69, 9.17) is 0 Å². The van der Waals surface area contributed by atoms with Crippen LogP contribution in [-0.4, -0.2) is 18.4 Å². The van der Waals surface area contributed by atoms with Gasteiger partial charge in [0.2, 0.25) is 0 Å². The third-order valence-corrected chi connectivity index (χ3v) is 3.71. The standard InChI is InChI=1S/C13H24N2/c1-13(2)8-7-11(10-13)15-12-6-4-3-5-9-14-12/h11H,3-10H2,1-2H3,(H,14,15). The minimum Gasteiger partial charge on any atom is -0.371 e. The number of hydrogen-bond acceptors (Lipinski definition) is 2. The number of aliphatic imine (C=N–C) groups is 1. The molecular formula is C13H24N2. The lowest BCUT2D eigenvalue weighted by Gasteiger charge is -2.19.